The van der Waals surface area contributed by atoms with Crippen LogP contribution in [0.15, 0.2) is 30.3 Å². The van der Waals surface area contributed by atoms with Gasteiger partial charge in [-0.05, 0) is 30.7 Å². The highest BCUT2D eigenvalue weighted by atomic mass is 32.1. The predicted molar refractivity (Wildman–Crippen MR) is 115 cm³/mol. The summed E-state index contributed by atoms with van der Waals surface area (Å²) in [6.07, 6.45) is 0. The number of aromatic nitrogens is 2. The lowest BCUT2D eigenvalue weighted by Gasteiger charge is -2.25. The van der Waals surface area contributed by atoms with E-state index in [4.69, 9.17) is 9.47 Å². The number of nitrogens with zero attached hydrogens (tertiary/aromatic N) is 3. The molecule has 1 aliphatic heterocycles. The third kappa shape index (κ3) is 4.81. The zero-order chi connectivity index (χ0) is 20.2. The van der Waals surface area contributed by atoms with Crippen molar-refractivity contribution in [3.8, 4) is 16.2 Å². The molecule has 1 saturated heterocycles. The van der Waals surface area contributed by atoms with Gasteiger partial charge in [-0.25, -0.2) is 4.98 Å². The molecule has 1 N–H and O–H groups in total. The van der Waals surface area contributed by atoms with Crippen LogP contribution in [0, 0.1) is 6.92 Å². The minimum atomic E-state index is -0.165. The number of benzene rings is 1. The molecule has 0 saturated carbocycles. The first-order chi connectivity index (χ1) is 14.1. The number of rotatable bonds is 6. The third-order valence-corrected chi connectivity index (χ3v) is 6.44. The maximum atomic E-state index is 12.8. The zero-order valence-electron chi connectivity index (χ0n) is 16.3. The molecule has 1 fully saturated rings. The largest absolute Gasteiger partial charge is 0.497 e. The van der Waals surface area contributed by atoms with Gasteiger partial charge in [0.05, 0.1) is 32.4 Å². The van der Waals surface area contributed by atoms with Crippen LogP contribution < -0.4 is 10.1 Å². The number of thiophene rings is 1. The van der Waals surface area contributed by atoms with Gasteiger partial charge in [0.1, 0.15) is 5.75 Å². The molecule has 7 nitrogen and oxygen atoms in total. The lowest BCUT2D eigenvalue weighted by atomic mass is 10.1. The number of anilines is 1. The molecular weight excluding hydrogens is 408 g/mol. The van der Waals surface area contributed by atoms with Crippen molar-refractivity contribution >= 4 is 33.9 Å². The molecule has 4 rings (SSSR count). The van der Waals surface area contributed by atoms with Gasteiger partial charge in [0, 0.05) is 34.4 Å². The highest BCUT2D eigenvalue weighted by molar-refractivity contribution is 7.15. The molecule has 3 heterocycles. The second-order valence-corrected chi connectivity index (χ2v) is 8.68. The van der Waals surface area contributed by atoms with Crippen LogP contribution in [0.2, 0.25) is 0 Å². The first-order valence-corrected chi connectivity index (χ1v) is 10.9. The Labute approximate surface area is 177 Å². The van der Waals surface area contributed by atoms with E-state index >= 15 is 0 Å². The van der Waals surface area contributed by atoms with E-state index in [0.29, 0.717) is 17.2 Å². The molecule has 0 aliphatic carbocycles. The summed E-state index contributed by atoms with van der Waals surface area (Å²) in [6, 6.07) is 9.75. The zero-order valence-corrected chi connectivity index (χ0v) is 17.9. The van der Waals surface area contributed by atoms with Crippen LogP contribution in [0.25, 0.3) is 10.4 Å². The van der Waals surface area contributed by atoms with Crippen molar-refractivity contribution in [2.75, 3.05) is 38.7 Å². The number of carbonyl (C=O) groups excluding carboxylic acids is 1. The van der Waals surface area contributed by atoms with Crippen LogP contribution >= 0.6 is 22.9 Å². The molecule has 29 heavy (non-hydrogen) atoms. The lowest BCUT2D eigenvalue weighted by Crippen LogP contribution is -2.35. The number of hydrogen-bond acceptors (Lipinski definition) is 8. The summed E-state index contributed by atoms with van der Waals surface area (Å²) in [4.78, 5) is 21.5. The average Bonchev–Trinajstić information content (AvgIpc) is 3.35. The molecule has 1 aliphatic rings. The molecule has 0 unspecified atom stereocenters. The lowest BCUT2D eigenvalue weighted by molar-refractivity contribution is 0.0332. The van der Waals surface area contributed by atoms with E-state index in [0.717, 1.165) is 53.2 Å². The predicted octanol–water partition coefficient (Wildman–Crippen LogP) is 3.67. The van der Waals surface area contributed by atoms with E-state index in [9.17, 15) is 4.79 Å². The topological polar surface area (TPSA) is 76.6 Å². The summed E-state index contributed by atoms with van der Waals surface area (Å²) >= 11 is 2.80. The number of carbonyl (C=O) groups is 1. The summed E-state index contributed by atoms with van der Waals surface area (Å²) in [5.41, 5.74) is 1.68. The Morgan fingerprint density at radius 2 is 2.14 bits per heavy atom. The fourth-order valence-corrected chi connectivity index (χ4v) is 4.71. The molecule has 9 heteroatoms. The summed E-state index contributed by atoms with van der Waals surface area (Å²) < 4.78 is 15.0. The summed E-state index contributed by atoms with van der Waals surface area (Å²) in [6.45, 7) is 5.85. The van der Waals surface area contributed by atoms with Gasteiger partial charge < -0.3 is 9.47 Å². The fraction of sp³-hybridized carbons (Fsp3) is 0.350. The van der Waals surface area contributed by atoms with Crippen molar-refractivity contribution in [2.24, 2.45) is 0 Å². The van der Waals surface area contributed by atoms with E-state index in [1.54, 1.807) is 18.4 Å². The van der Waals surface area contributed by atoms with Gasteiger partial charge in [-0.2, -0.15) is 4.37 Å². The van der Waals surface area contributed by atoms with Gasteiger partial charge >= 0.3 is 0 Å². The molecule has 1 aromatic carbocycles. The van der Waals surface area contributed by atoms with Crippen molar-refractivity contribution in [3.63, 3.8) is 0 Å². The van der Waals surface area contributed by atoms with Gasteiger partial charge in [-0.1, -0.05) is 12.1 Å². The summed E-state index contributed by atoms with van der Waals surface area (Å²) in [5, 5.41) is 3.41. The van der Waals surface area contributed by atoms with Crippen LogP contribution in [0.1, 0.15) is 21.1 Å². The van der Waals surface area contributed by atoms with Crippen molar-refractivity contribution < 1.29 is 14.3 Å². The monoisotopic (exact) mass is 430 g/mol. The van der Waals surface area contributed by atoms with Gasteiger partial charge in [-0.15, -0.1) is 11.3 Å². The standard InChI is InChI=1S/C20H22N4O3S2/c1-13-16(11-17(28-13)14-4-3-5-15(10-14)26-2)19(25)22-20-21-18(23-29-20)12-24-6-8-27-9-7-24/h3-5,10-11H,6-9,12H2,1-2H3,(H,21,22,23,25). The van der Waals surface area contributed by atoms with Gasteiger partial charge in [0.15, 0.2) is 5.82 Å². The normalized spacial score (nSPS) is 14.7. The van der Waals surface area contributed by atoms with E-state index in [-0.39, 0.29) is 5.91 Å². The van der Waals surface area contributed by atoms with Gasteiger partial charge in [-0.3, -0.25) is 15.0 Å². The highest BCUT2D eigenvalue weighted by Gasteiger charge is 2.18. The number of methoxy groups -OCH3 is 1. The maximum Gasteiger partial charge on any atom is 0.258 e. The van der Waals surface area contributed by atoms with Gasteiger partial charge in [0.2, 0.25) is 5.13 Å². The quantitative estimate of drug-likeness (QED) is 0.643. The summed E-state index contributed by atoms with van der Waals surface area (Å²) in [7, 11) is 1.65. The van der Waals surface area contributed by atoms with Crippen molar-refractivity contribution in [3.05, 3.63) is 46.6 Å². The molecule has 3 aromatic rings. The van der Waals surface area contributed by atoms with Crippen LogP contribution in [-0.2, 0) is 11.3 Å². The number of aryl methyl sites for hydroxylation is 1. The Kier molecular flexibility index (Phi) is 6.19. The second-order valence-electron chi connectivity index (χ2n) is 6.67. The smallest absolute Gasteiger partial charge is 0.258 e. The SMILES string of the molecule is COc1cccc(-c2cc(C(=O)Nc3nc(CN4CCOCC4)ns3)c(C)s2)c1. The molecule has 0 atom stereocenters. The summed E-state index contributed by atoms with van der Waals surface area (Å²) in [5.74, 6) is 1.36. The second kappa shape index (κ2) is 9.00. The fourth-order valence-electron chi connectivity index (χ4n) is 3.12. The molecule has 2 aromatic heterocycles. The Bertz CT molecular complexity index is 995. The van der Waals surface area contributed by atoms with Crippen molar-refractivity contribution in [2.45, 2.75) is 13.5 Å². The minimum Gasteiger partial charge on any atom is -0.497 e. The molecule has 0 spiro atoms. The van der Waals surface area contributed by atoms with E-state index in [2.05, 4.69) is 19.6 Å². The Hall–Kier alpha value is -2.33. The van der Waals surface area contributed by atoms with E-state index < -0.39 is 0 Å². The maximum absolute atomic E-state index is 12.8. The molecule has 152 valence electrons. The number of ether oxygens (including phenoxy) is 2. The first-order valence-electron chi connectivity index (χ1n) is 9.31. The number of amides is 1. The average molecular weight is 431 g/mol. The number of nitrogens with one attached hydrogen (secondary N) is 1. The van der Waals surface area contributed by atoms with Crippen molar-refractivity contribution in [1.82, 2.24) is 14.3 Å². The Morgan fingerprint density at radius 3 is 2.93 bits per heavy atom. The van der Waals surface area contributed by atoms with E-state index in [1.165, 1.54) is 11.5 Å². The molecule has 0 radical (unpaired) electrons. The Morgan fingerprint density at radius 1 is 1.31 bits per heavy atom. The van der Waals surface area contributed by atoms with Crippen LogP contribution in [0.4, 0.5) is 5.13 Å². The number of morpholine rings is 1. The molecule has 0 bridgehead atoms. The first kappa shape index (κ1) is 20.0. The van der Waals surface area contributed by atoms with Gasteiger partial charge in [0.25, 0.3) is 5.91 Å². The highest BCUT2D eigenvalue weighted by Crippen LogP contribution is 2.33. The molecule has 1 amide bonds. The van der Waals surface area contributed by atoms with Crippen LogP contribution in [0.5, 0.6) is 5.75 Å². The number of hydrogen-bond donors (Lipinski definition) is 1. The Balaban J connectivity index is 1.44. The third-order valence-electron chi connectivity index (χ3n) is 4.67. The van der Waals surface area contributed by atoms with Crippen molar-refractivity contribution in [1.29, 1.82) is 0 Å². The minimum absolute atomic E-state index is 0.165. The van der Waals surface area contributed by atoms with E-state index in [1.807, 2.05) is 37.3 Å². The molecular formula is C20H22N4O3S2. The van der Waals surface area contributed by atoms with Crippen LogP contribution in [-0.4, -0.2) is 53.6 Å². The van der Waals surface area contributed by atoms with Crippen LogP contribution in [0.3, 0.4) is 0 Å².